The number of thiocarbonyl (C=S) groups is 1. The van der Waals surface area contributed by atoms with Crippen LogP contribution in [0, 0.1) is 23.7 Å². The number of rotatable bonds is 19. The van der Waals surface area contributed by atoms with Crippen molar-refractivity contribution in [2.45, 2.75) is 117 Å². The van der Waals surface area contributed by atoms with Crippen LogP contribution < -0.4 is 25.2 Å². The fraction of sp³-hybridized carbons (Fsp3) is 0.404. The minimum Gasteiger partial charge on any atom is -0.494 e. The molecule has 4 aromatic carbocycles. The van der Waals surface area contributed by atoms with Gasteiger partial charge < -0.3 is 39.8 Å². The molecule has 0 spiro atoms. The Hall–Kier alpha value is -7.25. The number of β-amino-alcohol motifs (C(OH)–C–C–N with tert-alkyl or cyclic N) is 1. The van der Waals surface area contributed by atoms with Crippen molar-refractivity contribution < 1.29 is 56.5 Å². The van der Waals surface area contributed by atoms with E-state index < -0.39 is 88.3 Å². The van der Waals surface area contributed by atoms with Gasteiger partial charge >= 0.3 is 12.1 Å². The van der Waals surface area contributed by atoms with E-state index in [1.807, 2.05) is 67.6 Å². The van der Waals surface area contributed by atoms with Gasteiger partial charge in [-0.3, -0.25) is 28.9 Å². The number of anilines is 2. The lowest BCUT2D eigenvalue weighted by Crippen LogP contribution is -2.61. The summed E-state index contributed by atoms with van der Waals surface area (Å²) in [6.45, 7) is 13.2. The van der Waals surface area contributed by atoms with E-state index in [0.717, 1.165) is 49.9 Å². The summed E-state index contributed by atoms with van der Waals surface area (Å²) in [5, 5.41) is 25.5. The van der Waals surface area contributed by atoms with E-state index in [1.54, 1.807) is 63.2 Å². The number of nitrogens with one attached hydrogen (secondary N) is 2. The van der Waals surface area contributed by atoms with Crippen LogP contribution in [0.2, 0.25) is 0 Å². The number of carbonyl (C=O) groups is 5. The summed E-state index contributed by atoms with van der Waals surface area (Å²) >= 11 is 7.21. The number of aromatic nitrogens is 1. The Labute approximate surface area is 460 Å². The number of alkyl halides is 3. The topological polar surface area (TPSA) is 204 Å². The number of hydrogen-bond donors (Lipinski definition) is 3. The summed E-state index contributed by atoms with van der Waals surface area (Å²) in [7, 11) is 0. The summed E-state index contributed by atoms with van der Waals surface area (Å²) in [4.78, 5) is 78.1. The Morgan fingerprint density at radius 3 is 2.13 bits per heavy atom. The van der Waals surface area contributed by atoms with Crippen LogP contribution >= 0.6 is 23.6 Å². The number of ether oxygens (including phenoxy) is 3. The zero-order chi connectivity index (χ0) is 56.9. The highest BCUT2D eigenvalue weighted by Gasteiger charge is 2.52. The Balaban J connectivity index is 0.891. The number of likely N-dealkylation sites (tertiary alicyclic amines) is 1. The molecule has 21 heteroatoms. The lowest BCUT2D eigenvalue weighted by atomic mass is 9.83. The molecule has 0 saturated carbocycles. The van der Waals surface area contributed by atoms with Crippen LogP contribution in [0.15, 0.2) is 96.5 Å². The molecule has 78 heavy (non-hydrogen) atoms. The minimum absolute atomic E-state index is 0.0108. The van der Waals surface area contributed by atoms with E-state index in [9.17, 15) is 47.5 Å². The second-order valence-corrected chi connectivity index (χ2v) is 22.4. The number of unbranched alkanes of at least 4 members (excludes halogenated alkanes) is 1. The van der Waals surface area contributed by atoms with Crippen LogP contribution in [-0.4, -0.2) is 105 Å². The highest BCUT2D eigenvalue weighted by molar-refractivity contribution is 7.81. The molecule has 3 atom stereocenters. The number of nitrogens with zero attached hydrogens (tertiary/aromatic N) is 5. The van der Waals surface area contributed by atoms with Gasteiger partial charge in [-0.15, -0.1) is 11.3 Å². The maximum absolute atomic E-state index is 14.5. The summed E-state index contributed by atoms with van der Waals surface area (Å²) < 4.78 is 58.7. The maximum Gasteiger partial charge on any atom is 0.417 e. The van der Waals surface area contributed by atoms with E-state index in [4.69, 9.17) is 26.4 Å². The zero-order valence-electron chi connectivity index (χ0n) is 44.5. The number of hydrogen-bond acceptors (Lipinski definition) is 13. The molecule has 0 bridgehead atoms. The molecule has 0 unspecified atom stereocenters. The predicted octanol–water partition coefficient (Wildman–Crippen LogP) is 8.90. The van der Waals surface area contributed by atoms with Crippen molar-refractivity contribution in [3.05, 3.63) is 119 Å². The fourth-order valence-electron chi connectivity index (χ4n) is 9.08. The van der Waals surface area contributed by atoms with Gasteiger partial charge in [0, 0.05) is 31.8 Å². The quantitative estimate of drug-likeness (QED) is 0.0402. The van der Waals surface area contributed by atoms with Gasteiger partial charge in [-0.05, 0) is 145 Å². The smallest absolute Gasteiger partial charge is 0.417 e. The number of nitriles is 1. The van der Waals surface area contributed by atoms with Gasteiger partial charge in [-0.25, -0.2) is 4.98 Å². The van der Waals surface area contributed by atoms with Crippen molar-refractivity contribution in [2.24, 2.45) is 5.41 Å². The highest BCUT2D eigenvalue weighted by atomic mass is 32.1. The molecule has 1 aromatic heterocycles. The zero-order valence-corrected chi connectivity index (χ0v) is 46.2. The summed E-state index contributed by atoms with van der Waals surface area (Å²) in [6.07, 6.45) is -4.80. The first-order chi connectivity index (χ1) is 36.7. The molecule has 2 aliphatic rings. The van der Waals surface area contributed by atoms with E-state index in [1.165, 1.54) is 36.2 Å². The van der Waals surface area contributed by atoms with Gasteiger partial charge in [0.05, 0.1) is 57.1 Å². The average Bonchev–Trinajstić information content (AvgIpc) is 4.17. The Bertz CT molecular complexity index is 3080. The fourth-order valence-corrected chi connectivity index (χ4v) is 10.4. The summed E-state index contributed by atoms with van der Waals surface area (Å²) in [5.74, 6) is -2.58. The lowest BCUT2D eigenvalue weighted by molar-refractivity contribution is -0.170. The summed E-state index contributed by atoms with van der Waals surface area (Å²) in [6, 6.07) is 24.3. The van der Waals surface area contributed by atoms with E-state index in [0.29, 0.717) is 30.9 Å². The van der Waals surface area contributed by atoms with E-state index in [-0.39, 0.29) is 36.9 Å². The average molecular weight is 1110 g/mol. The summed E-state index contributed by atoms with van der Waals surface area (Å²) in [5.41, 5.74) is 1.16. The van der Waals surface area contributed by atoms with Crippen LogP contribution in [0.5, 0.6) is 5.75 Å². The first-order valence-corrected chi connectivity index (χ1v) is 26.5. The van der Waals surface area contributed by atoms with Crippen LogP contribution in [0.3, 0.4) is 0 Å². The van der Waals surface area contributed by atoms with Gasteiger partial charge in [-0.2, -0.15) is 18.4 Å². The molecule has 2 saturated heterocycles. The van der Waals surface area contributed by atoms with Crippen molar-refractivity contribution >= 4 is 69.6 Å². The number of benzene rings is 4. The molecule has 0 aliphatic carbocycles. The molecule has 0 radical (unpaired) electrons. The molecule has 3 N–H and O–H groups in total. The third kappa shape index (κ3) is 13.3. The SMILES string of the molecule is Cc1ncsc1-c1ccc(CNC(=O)[C@@H]2C[C@@H](O)CN2C(=O)[C@@H](NC(=O)COCCCCOc2ccc(-c3ccc(N4C(=S)N(c5ccc(C#N)c(C(F)(F)F)c5)C(=O)C4(C)C)cc3)cc2)C(C)(C)C(=O)OC(C)(C)C)cc1. The first-order valence-electron chi connectivity index (χ1n) is 25.2. The van der Waals surface area contributed by atoms with Crippen LogP contribution in [0.25, 0.3) is 21.6 Å². The normalized spacial score (nSPS) is 16.9. The monoisotopic (exact) mass is 1110 g/mol. The molecule has 412 valence electrons. The van der Waals surface area contributed by atoms with Gasteiger partial charge in [0.1, 0.15) is 35.6 Å². The van der Waals surface area contributed by atoms with Gasteiger partial charge in [0.25, 0.3) is 5.91 Å². The lowest BCUT2D eigenvalue weighted by Gasteiger charge is -2.37. The van der Waals surface area contributed by atoms with Gasteiger partial charge in [0.2, 0.25) is 17.7 Å². The van der Waals surface area contributed by atoms with Gasteiger partial charge in [0.15, 0.2) is 5.11 Å². The predicted molar refractivity (Wildman–Crippen MR) is 292 cm³/mol. The van der Waals surface area contributed by atoms with Gasteiger partial charge in [-0.1, -0.05) is 48.5 Å². The molecule has 5 aromatic rings. The molecule has 4 amide bonds. The number of esters is 1. The second kappa shape index (κ2) is 23.8. The molecule has 2 aliphatic heterocycles. The van der Waals surface area contributed by atoms with Crippen molar-refractivity contribution in [3.63, 3.8) is 0 Å². The number of carbonyl (C=O) groups excluding carboxylic acids is 5. The van der Waals surface area contributed by atoms with Crippen molar-refractivity contribution in [3.8, 4) is 33.4 Å². The first kappa shape index (κ1) is 58.4. The van der Waals surface area contributed by atoms with Crippen LogP contribution in [0.1, 0.15) is 90.1 Å². The van der Waals surface area contributed by atoms with Crippen molar-refractivity contribution in [2.75, 3.05) is 36.2 Å². The standard InChI is InChI=1S/C57H62F3N7O9S2/c1-34-47(78-33-63-34)38-13-11-35(12-14-38)30-62-49(70)45-28-42(68)31-65(45)50(71)48(55(5,6)52(73)76-54(2,3)4)64-46(69)32-74-25-9-10-26-75-43-23-18-37(19-24-43)36-15-20-40(21-16-36)67-53(77)66(51(72)56(67,7)8)41-22-17-39(29-61)44(27-41)57(58,59)60/h11-24,27,33,42,45,48,68H,9-10,25-26,28,30-32H2,1-8H3,(H,62,70)(H,64,69)/t42-,45+,48-/m1/s1. The van der Waals surface area contributed by atoms with Crippen molar-refractivity contribution in [1.29, 1.82) is 5.26 Å². The van der Waals surface area contributed by atoms with Crippen molar-refractivity contribution in [1.82, 2.24) is 20.5 Å². The number of thiazole rings is 1. The van der Waals surface area contributed by atoms with E-state index >= 15 is 0 Å². The Morgan fingerprint density at radius 1 is 0.910 bits per heavy atom. The Kier molecular flexibility index (Phi) is 17.8. The third-order valence-electron chi connectivity index (χ3n) is 13.3. The third-order valence-corrected chi connectivity index (χ3v) is 14.7. The van der Waals surface area contributed by atoms with Crippen LogP contribution in [-0.2, 0) is 46.2 Å². The number of aryl methyl sites for hydroxylation is 1. The molecular weight excluding hydrogens is 1050 g/mol. The largest absolute Gasteiger partial charge is 0.494 e. The number of aliphatic hydroxyl groups is 1. The molecule has 3 heterocycles. The number of amides is 4. The second-order valence-electron chi connectivity index (χ2n) is 21.1. The molecule has 2 fully saturated rings. The van der Waals surface area contributed by atoms with E-state index in [2.05, 4.69) is 15.6 Å². The molecule has 16 nitrogen and oxygen atoms in total. The number of aliphatic hydroxyl groups excluding tert-OH is 1. The highest BCUT2D eigenvalue weighted by Crippen LogP contribution is 2.40. The molecule has 7 rings (SSSR count). The Morgan fingerprint density at radius 2 is 1.53 bits per heavy atom. The van der Waals surface area contributed by atoms with Crippen LogP contribution in [0.4, 0.5) is 24.5 Å². The minimum atomic E-state index is -4.82. The molecular formula is C57H62F3N7O9S2. The maximum atomic E-state index is 14.5. The number of halogens is 3.